The average Bonchev–Trinajstić information content (AvgIpc) is 2.98. The molecule has 1 aliphatic carbocycles. The van der Waals surface area contributed by atoms with Gasteiger partial charge in [-0.05, 0) is 37.8 Å². The van der Waals surface area contributed by atoms with Crippen LogP contribution in [0.5, 0.6) is 0 Å². The average molecular weight is 276 g/mol. The van der Waals surface area contributed by atoms with Gasteiger partial charge in [0.1, 0.15) is 5.60 Å². The minimum absolute atomic E-state index is 0.272. The molecule has 1 unspecified atom stereocenters. The van der Waals surface area contributed by atoms with E-state index in [0.29, 0.717) is 6.42 Å². The predicted octanol–water partition coefficient (Wildman–Crippen LogP) is 2.34. The second-order valence-corrected chi connectivity index (χ2v) is 6.26. The fourth-order valence-corrected chi connectivity index (χ4v) is 3.21. The Bertz CT molecular complexity index is 389. The minimum Gasteiger partial charge on any atom is -0.384 e. The van der Waals surface area contributed by atoms with Gasteiger partial charge < -0.3 is 15.7 Å². The minimum atomic E-state index is -0.898. The van der Waals surface area contributed by atoms with E-state index in [2.05, 4.69) is 11.9 Å². The maximum atomic E-state index is 10.7. The third-order valence-corrected chi connectivity index (χ3v) is 4.60. The lowest BCUT2D eigenvalue weighted by atomic mass is 9.90. The molecule has 1 fully saturated rings. The molecule has 0 spiro atoms. The Labute approximate surface area is 122 Å². The molecule has 1 aromatic carbocycles. The molecule has 0 saturated heterocycles. The second-order valence-electron chi connectivity index (χ2n) is 6.26. The standard InChI is InChI=1S/C17H28N2O/c1-19(13-15-7-5-6-8-15)12-11-17(20,14-18)16-9-3-2-4-10-16/h2-4,9-10,15,20H,5-8,11-14,18H2,1H3. The Morgan fingerprint density at radius 1 is 1.25 bits per heavy atom. The van der Waals surface area contributed by atoms with Crippen LogP contribution in [0.15, 0.2) is 30.3 Å². The lowest BCUT2D eigenvalue weighted by Crippen LogP contribution is -2.39. The van der Waals surface area contributed by atoms with Crippen LogP contribution in [0.25, 0.3) is 0 Å². The van der Waals surface area contributed by atoms with E-state index in [1.165, 1.54) is 25.7 Å². The van der Waals surface area contributed by atoms with Crippen LogP contribution in [0.2, 0.25) is 0 Å². The maximum Gasteiger partial charge on any atom is 0.103 e. The Balaban J connectivity index is 1.86. The summed E-state index contributed by atoms with van der Waals surface area (Å²) in [5.74, 6) is 0.850. The molecule has 112 valence electrons. The van der Waals surface area contributed by atoms with E-state index in [4.69, 9.17) is 5.73 Å². The molecule has 0 bridgehead atoms. The first-order chi connectivity index (χ1) is 9.64. The van der Waals surface area contributed by atoms with Gasteiger partial charge in [0, 0.05) is 19.6 Å². The number of nitrogens with zero attached hydrogens (tertiary/aromatic N) is 1. The van der Waals surface area contributed by atoms with E-state index in [1.807, 2.05) is 30.3 Å². The van der Waals surface area contributed by atoms with Crippen LogP contribution in [-0.2, 0) is 5.60 Å². The Kier molecular flexibility index (Phi) is 5.58. The summed E-state index contributed by atoms with van der Waals surface area (Å²) < 4.78 is 0. The van der Waals surface area contributed by atoms with Crippen molar-refractivity contribution in [2.24, 2.45) is 11.7 Å². The first-order valence-corrected chi connectivity index (χ1v) is 7.80. The zero-order chi connectivity index (χ0) is 14.4. The van der Waals surface area contributed by atoms with Crippen molar-refractivity contribution in [3.63, 3.8) is 0 Å². The molecule has 0 heterocycles. The highest BCUT2D eigenvalue weighted by molar-refractivity contribution is 5.22. The van der Waals surface area contributed by atoms with Gasteiger partial charge in [0.05, 0.1) is 0 Å². The second kappa shape index (κ2) is 7.21. The summed E-state index contributed by atoms with van der Waals surface area (Å²) in [7, 11) is 2.15. The number of nitrogens with two attached hydrogens (primary N) is 1. The summed E-state index contributed by atoms with van der Waals surface area (Å²) in [6.45, 7) is 2.31. The van der Waals surface area contributed by atoms with E-state index >= 15 is 0 Å². The smallest absolute Gasteiger partial charge is 0.103 e. The highest BCUT2D eigenvalue weighted by atomic mass is 16.3. The van der Waals surface area contributed by atoms with Crippen molar-refractivity contribution in [1.82, 2.24) is 4.90 Å². The molecule has 0 aromatic heterocycles. The Hall–Kier alpha value is -0.900. The topological polar surface area (TPSA) is 49.5 Å². The first-order valence-electron chi connectivity index (χ1n) is 7.80. The molecule has 3 N–H and O–H groups in total. The zero-order valence-electron chi connectivity index (χ0n) is 12.6. The van der Waals surface area contributed by atoms with Crippen molar-refractivity contribution < 1.29 is 5.11 Å². The van der Waals surface area contributed by atoms with Crippen molar-refractivity contribution in [3.8, 4) is 0 Å². The van der Waals surface area contributed by atoms with Crippen molar-refractivity contribution in [3.05, 3.63) is 35.9 Å². The predicted molar refractivity (Wildman–Crippen MR) is 83.5 cm³/mol. The summed E-state index contributed by atoms with van der Waals surface area (Å²) in [6.07, 6.45) is 6.19. The van der Waals surface area contributed by atoms with Gasteiger partial charge in [-0.1, -0.05) is 43.2 Å². The third-order valence-electron chi connectivity index (χ3n) is 4.60. The fourth-order valence-electron chi connectivity index (χ4n) is 3.21. The normalized spacial score (nSPS) is 19.4. The van der Waals surface area contributed by atoms with E-state index in [-0.39, 0.29) is 6.54 Å². The van der Waals surface area contributed by atoms with Gasteiger partial charge in [-0.25, -0.2) is 0 Å². The van der Waals surface area contributed by atoms with Gasteiger partial charge in [-0.3, -0.25) is 0 Å². The van der Waals surface area contributed by atoms with E-state index in [0.717, 1.165) is 24.6 Å². The summed E-state index contributed by atoms with van der Waals surface area (Å²) in [5.41, 5.74) is 5.85. The lowest BCUT2D eigenvalue weighted by Gasteiger charge is -2.30. The van der Waals surface area contributed by atoms with Crippen molar-refractivity contribution in [2.75, 3.05) is 26.7 Å². The summed E-state index contributed by atoms with van der Waals surface area (Å²) in [5, 5.41) is 10.7. The molecular formula is C17H28N2O. The molecule has 0 amide bonds. The van der Waals surface area contributed by atoms with Gasteiger partial charge in [0.2, 0.25) is 0 Å². The molecule has 0 aliphatic heterocycles. The van der Waals surface area contributed by atoms with Crippen LogP contribution in [0, 0.1) is 5.92 Å². The number of hydrogen-bond donors (Lipinski definition) is 2. The zero-order valence-corrected chi connectivity index (χ0v) is 12.6. The molecular weight excluding hydrogens is 248 g/mol. The van der Waals surface area contributed by atoms with Gasteiger partial charge >= 0.3 is 0 Å². The number of hydrogen-bond acceptors (Lipinski definition) is 3. The number of rotatable bonds is 7. The van der Waals surface area contributed by atoms with Crippen LogP contribution in [0.1, 0.15) is 37.7 Å². The van der Waals surface area contributed by atoms with Gasteiger partial charge in [0.15, 0.2) is 0 Å². The number of aliphatic hydroxyl groups is 1. The summed E-state index contributed by atoms with van der Waals surface area (Å²) >= 11 is 0. The van der Waals surface area contributed by atoms with Gasteiger partial charge in [-0.15, -0.1) is 0 Å². The highest BCUT2D eigenvalue weighted by Gasteiger charge is 2.28. The van der Waals surface area contributed by atoms with Crippen molar-refractivity contribution in [1.29, 1.82) is 0 Å². The van der Waals surface area contributed by atoms with E-state index in [9.17, 15) is 5.11 Å². The van der Waals surface area contributed by atoms with Gasteiger partial charge in [0.25, 0.3) is 0 Å². The summed E-state index contributed by atoms with van der Waals surface area (Å²) in [6, 6.07) is 9.80. The highest BCUT2D eigenvalue weighted by Crippen LogP contribution is 2.27. The largest absolute Gasteiger partial charge is 0.384 e. The monoisotopic (exact) mass is 276 g/mol. The lowest BCUT2D eigenvalue weighted by molar-refractivity contribution is 0.0269. The first kappa shape index (κ1) is 15.5. The van der Waals surface area contributed by atoms with Crippen LogP contribution < -0.4 is 5.73 Å². The quantitative estimate of drug-likeness (QED) is 0.803. The fraction of sp³-hybridized carbons (Fsp3) is 0.647. The van der Waals surface area contributed by atoms with Crippen LogP contribution in [0.4, 0.5) is 0 Å². The molecule has 1 aromatic rings. The SMILES string of the molecule is CN(CCC(O)(CN)c1ccccc1)CC1CCCC1. The maximum absolute atomic E-state index is 10.7. The molecule has 1 atom stereocenters. The van der Waals surface area contributed by atoms with Gasteiger partial charge in [-0.2, -0.15) is 0 Å². The Morgan fingerprint density at radius 2 is 1.90 bits per heavy atom. The molecule has 1 saturated carbocycles. The molecule has 3 heteroatoms. The molecule has 2 rings (SSSR count). The Morgan fingerprint density at radius 3 is 2.50 bits per heavy atom. The summed E-state index contributed by atoms with van der Waals surface area (Å²) in [4.78, 5) is 2.35. The molecule has 0 radical (unpaired) electrons. The van der Waals surface area contributed by atoms with E-state index < -0.39 is 5.60 Å². The molecule has 3 nitrogen and oxygen atoms in total. The van der Waals surface area contributed by atoms with E-state index in [1.54, 1.807) is 0 Å². The third kappa shape index (κ3) is 4.05. The van der Waals surface area contributed by atoms with Crippen LogP contribution >= 0.6 is 0 Å². The van der Waals surface area contributed by atoms with Crippen molar-refractivity contribution in [2.45, 2.75) is 37.7 Å². The molecule has 1 aliphatic rings. The molecule has 20 heavy (non-hydrogen) atoms. The van der Waals surface area contributed by atoms with Crippen LogP contribution in [-0.4, -0.2) is 36.7 Å². The van der Waals surface area contributed by atoms with Crippen molar-refractivity contribution >= 4 is 0 Å². The van der Waals surface area contributed by atoms with Crippen LogP contribution in [0.3, 0.4) is 0 Å². The number of benzene rings is 1.